The van der Waals surface area contributed by atoms with E-state index in [2.05, 4.69) is 31.2 Å². The van der Waals surface area contributed by atoms with E-state index in [9.17, 15) is 18.0 Å². The number of imidazole rings is 1. The lowest BCUT2D eigenvalue weighted by Crippen LogP contribution is -2.53. The monoisotopic (exact) mass is 491 g/mol. The number of halogens is 4. The van der Waals surface area contributed by atoms with Crippen molar-refractivity contribution in [2.45, 2.75) is 58.9 Å². The van der Waals surface area contributed by atoms with E-state index in [0.29, 0.717) is 19.5 Å². The van der Waals surface area contributed by atoms with Crippen molar-refractivity contribution in [3.05, 3.63) is 22.7 Å². The Labute approximate surface area is 181 Å². The number of nitrogens with zero attached hydrogens (tertiary/aromatic N) is 4. The molecule has 0 spiro atoms. The molecule has 30 heavy (non-hydrogen) atoms. The molecule has 0 aliphatic carbocycles. The number of piperidine rings is 1. The quantitative estimate of drug-likeness (QED) is 0.642. The number of hydrogen-bond donors (Lipinski definition) is 1. The number of hydrogen-bond acceptors (Lipinski definition) is 5. The highest BCUT2D eigenvalue weighted by atomic mass is 79.9. The lowest BCUT2D eigenvalue weighted by Gasteiger charge is -2.43. The van der Waals surface area contributed by atoms with Gasteiger partial charge in [0.05, 0.1) is 0 Å². The maximum atomic E-state index is 13.4. The predicted molar refractivity (Wildman–Crippen MR) is 109 cm³/mol. The molecule has 7 nitrogen and oxygen atoms in total. The molecule has 1 aliphatic rings. The van der Waals surface area contributed by atoms with Gasteiger partial charge in [0.25, 0.3) is 0 Å². The number of rotatable bonds is 2. The van der Waals surface area contributed by atoms with Crippen molar-refractivity contribution in [1.82, 2.24) is 19.3 Å². The zero-order valence-corrected chi connectivity index (χ0v) is 19.1. The van der Waals surface area contributed by atoms with Gasteiger partial charge in [-0.05, 0) is 48.5 Å². The van der Waals surface area contributed by atoms with Crippen LogP contribution in [0.3, 0.4) is 0 Å². The van der Waals surface area contributed by atoms with Gasteiger partial charge in [-0.3, -0.25) is 4.40 Å². The molecule has 1 N–H and O–H groups in total. The molecule has 2 aromatic rings. The van der Waals surface area contributed by atoms with Crippen molar-refractivity contribution < 1.29 is 22.7 Å². The second kappa shape index (κ2) is 7.58. The van der Waals surface area contributed by atoms with E-state index < -0.39 is 23.6 Å². The summed E-state index contributed by atoms with van der Waals surface area (Å²) in [5.41, 5.74) is -1.71. The predicted octanol–water partition coefficient (Wildman–Crippen LogP) is 4.96. The fraction of sp³-hybridized carbons (Fsp3) is 0.632. The lowest BCUT2D eigenvalue weighted by molar-refractivity contribution is -0.142. The Balaban J connectivity index is 1.89. The van der Waals surface area contributed by atoms with Crippen LogP contribution in [-0.2, 0) is 10.9 Å². The topological polar surface area (TPSA) is 71.8 Å². The second-order valence-electron chi connectivity index (χ2n) is 9.29. The van der Waals surface area contributed by atoms with Gasteiger partial charge >= 0.3 is 12.3 Å². The van der Waals surface area contributed by atoms with Crippen LogP contribution in [0.15, 0.2) is 17.0 Å². The first-order valence-electron chi connectivity index (χ1n) is 9.50. The minimum absolute atomic E-state index is 0.0673. The van der Waals surface area contributed by atoms with Crippen molar-refractivity contribution in [2.75, 3.05) is 18.4 Å². The Hall–Kier alpha value is -2.04. The fourth-order valence-corrected chi connectivity index (χ4v) is 4.30. The van der Waals surface area contributed by atoms with Gasteiger partial charge in [0.15, 0.2) is 17.2 Å². The molecule has 1 amide bonds. The minimum Gasteiger partial charge on any atom is -0.444 e. The summed E-state index contributed by atoms with van der Waals surface area (Å²) < 4.78 is 46.4. The Kier molecular flexibility index (Phi) is 5.72. The number of carbonyl (C=O) groups is 1. The highest BCUT2D eigenvalue weighted by molar-refractivity contribution is 9.10. The Morgan fingerprint density at radius 2 is 2.00 bits per heavy atom. The molecule has 0 bridgehead atoms. The number of likely N-dealkylation sites (tertiary alicyclic amines) is 1. The molecule has 0 saturated carbocycles. The van der Waals surface area contributed by atoms with Gasteiger partial charge in [-0.15, -0.1) is 0 Å². The van der Waals surface area contributed by atoms with Crippen LogP contribution in [0.1, 0.15) is 46.7 Å². The normalized spacial score (nSPS) is 19.8. The summed E-state index contributed by atoms with van der Waals surface area (Å²) in [4.78, 5) is 22.3. The SMILES string of the molecule is CC1(C)C[C@H](Nc2nc(Br)c(C(F)(F)F)n3ccnc23)CN(C(=O)OC(C)(C)C)C1. The van der Waals surface area contributed by atoms with Crippen LogP contribution < -0.4 is 5.32 Å². The molecule has 0 unspecified atom stereocenters. The van der Waals surface area contributed by atoms with Gasteiger partial charge in [-0.1, -0.05) is 13.8 Å². The van der Waals surface area contributed by atoms with Gasteiger partial charge in [0, 0.05) is 31.5 Å². The van der Waals surface area contributed by atoms with Gasteiger partial charge in [-0.2, -0.15) is 13.2 Å². The number of aromatic nitrogens is 3. The van der Waals surface area contributed by atoms with Crippen LogP contribution >= 0.6 is 15.9 Å². The van der Waals surface area contributed by atoms with Crippen LogP contribution in [0.2, 0.25) is 0 Å². The third-order valence-corrected chi connectivity index (χ3v) is 5.17. The lowest BCUT2D eigenvalue weighted by atomic mass is 9.82. The van der Waals surface area contributed by atoms with Gasteiger partial charge < -0.3 is 15.0 Å². The third-order valence-electron chi connectivity index (χ3n) is 4.62. The molecular weight excluding hydrogens is 467 g/mol. The van der Waals surface area contributed by atoms with Crippen LogP contribution in [0.25, 0.3) is 5.65 Å². The van der Waals surface area contributed by atoms with Crippen molar-refractivity contribution in [1.29, 1.82) is 0 Å². The summed E-state index contributed by atoms with van der Waals surface area (Å²) >= 11 is 2.94. The van der Waals surface area contributed by atoms with E-state index >= 15 is 0 Å². The van der Waals surface area contributed by atoms with E-state index in [-0.39, 0.29) is 27.5 Å². The maximum absolute atomic E-state index is 13.4. The molecule has 3 heterocycles. The first kappa shape index (κ1) is 22.6. The smallest absolute Gasteiger partial charge is 0.434 e. The minimum atomic E-state index is -4.59. The molecular formula is C19H25BrF3N5O2. The number of alkyl halides is 3. The zero-order chi connectivity index (χ0) is 22.5. The summed E-state index contributed by atoms with van der Waals surface area (Å²) in [5.74, 6) is 0.215. The fourth-order valence-electron chi connectivity index (χ4n) is 3.71. The van der Waals surface area contributed by atoms with Crippen molar-refractivity contribution >= 4 is 33.5 Å². The zero-order valence-electron chi connectivity index (χ0n) is 17.5. The molecule has 1 atom stereocenters. The van der Waals surface area contributed by atoms with E-state index in [1.807, 2.05) is 13.8 Å². The number of carbonyl (C=O) groups excluding carboxylic acids is 1. The average molecular weight is 492 g/mol. The second-order valence-corrected chi connectivity index (χ2v) is 10.0. The number of fused-ring (bicyclic) bond motifs is 1. The molecule has 2 aromatic heterocycles. The molecule has 0 aromatic carbocycles. The van der Waals surface area contributed by atoms with E-state index in [0.717, 1.165) is 4.40 Å². The highest BCUT2D eigenvalue weighted by Gasteiger charge is 2.39. The molecule has 11 heteroatoms. The Bertz CT molecular complexity index is 952. The number of nitrogens with one attached hydrogen (secondary N) is 1. The number of anilines is 1. The molecule has 3 rings (SSSR count). The average Bonchev–Trinajstić information content (AvgIpc) is 2.99. The van der Waals surface area contributed by atoms with Gasteiger partial charge in [0.2, 0.25) is 0 Å². The van der Waals surface area contributed by atoms with Crippen LogP contribution in [-0.4, -0.2) is 50.1 Å². The highest BCUT2D eigenvalue weighted by Crippen LogP contribution is 2.37. The first-order valence-corrected chi connectivity index (χ1v) is 10.3. The van der Waals surface area contributed by atoms with Gasteiger partial charge in [0.1, 0.15) is 10.2 Å². The molecule has 1 fully saturated rings. The summed E-state index contributed by atoms with van der Waals surface area (Å²) in [7, 11) is 0. The number of amides is 1. The first-order chi connectivity index (χ1) is 13.7. The van der Waals surface area contributed by atoms with Gasteiger partial charge in [-0.25, -0.2) is 14.8 Å². The summed E-state index contributed by atoms with van der Waals surface area (Å²) in [6, 6.07) is -0.238. The Morgan fingerprint density at radius 3 is 2.60 bits per heavy atom. The molecule has 1 aliphatic heterocycles. The van der Waals surface area contributed by atoms with E-state index in [1.54, 1.807) is 25.7 Å². The largest absolute Gasteiger partial charge is 0.444 e. The summed E-state index contributed by atoms with van der Waals surface area (Å²) in [6.45, 7) is 10.3. The molecule has 1 saturated heterocycles. The van der Waals surface area contributed by atoms with Crippen LogP contribution in [0.4, 0.5) is 23.8 Å². The summed E-state index contributed by atoms with van der Waals surface area (Å²) in [6.07, 6.45) is -1.78. The third kappa shape index (κ3) is 4.98. The summed E-state index contributed by atoms with van der Waals surface area (Å²) in [5, 5.41) is 3.19. The standard InChI is InChI=1S/C19H25BrF3N5O2/c1-17(2,3)30-16(29)27-9-11(8-18(4,5)10-27)25-14-15-24-6-7-28(15)12(13(20)26-14)19(21,22)23/h6-7,11H,8-10H2,1-5H3,(H,25,26)/t11-/m0/s1. The van der Waals surface area contributed by atoms with Crippen molar-refractivity contribution in [3.63, 3.8) is 0 Å². The maximum Gasteiger partial charge on any atom is 0.434 e. The molecule has 166 valence electrons. The van der Waals surface area contributed by atoms with Crippen LogP contribution in [0.5, 0.6) is 0 Å². The van der Waals surface area contributed by atoms with E-state index in [4.69, 9.17) is 4.74 Å². The van der Waals surface area contributed by atoms with E-state index in [1.165, 1.54) is 12.4 Å². The number of ether oxygens (including phenoxy) is 1. The van der Waals surface area contributed by atoms with Crippen molar-refractivity contribution in [3.8, 4) is 0 Å². The Morgan fingerprint density at radius 1 is 1.33 bits per heavy atom. The van der Waals surface area contributed by atoms with Crippen molar-refractivity contribution in [2.24, 2.45) is 5.41 Å². The van der Waals surface area contributed by atoms with Crippen LogP contribution in [0, 0.1) is 5.41 Å². The molecule has 0 radical (unpaired) electrons.